The van der Waals surface area contributed by atoms with E-state index in [1.807, 2.05) is 32.0 Å². The molecule has 3 nitrogen and oxygen atoms in total. The second-order valence-electron chi connectivity index (χ2n) is 7.30. The van der Waals surface area contributed by atoms with Crippen LogP contribution < -0.4 is 10.6 Å². The smallest absolute Gasteiger partial charge is 0.371 e. The van der Waals surface area contributed by atoms with Crippen molar-refractivity contribution >= 4 is 17.2 Å². The fraction of sp³-hybridized carbons (Fsp3) is 0.435. The van der Waals surface area contributed by atoms with Crippen molar-refractivity contribution in [3.05, 3.63) is 59.7 Å². The van der Waals surface area contributed by atoms with Gasteiger partial charge in [0.25, 0.3) is 0 Å². The predicted molar refractivity (Wildman–Crippen MR) is 113 cm³/mol. The van der Waals surface area contributed by atoms with E-state index >= 15 is 0 Å². The maximum atomic E-state index is 12.7. The van der Waals surface area contributed by atoms with Gasteiger partial charge in [-0.2, -0.15) is 13.2 Å². The first-order valence-electron chi connectivity index (χ1n) is 10.3. The van der Waals surface area contributed by atoms with Crippen molar-refractivity contribution in [2.45, 2.75) is 64.2 Å². The van der Waals surface area contributed by atoms with E-state index in [4.69, 9.17) is 4.99 Å². The van der Waals surface area contributed by atoms with Crippen LogP contribution in [0.4, 0.5) is 24.5 Å². The number of anilines is 2. The molecule has 0 atom stereocenters. The van der Waals surface area contributed by atoms with E-state index in [0.717, 1.165) is 60.6 Å². The molecule has 0 amide bonds. The van der Waals surface area contributed by atoms with Gasteiger partial charge < -0.3 is 10.6 Å². The molecule has 1 heterocycles. The Labute approximate surface area is 170 Å². The highest BCUT2D eigenvalue weighted by atomic mass is 19.4. The second kappa shape index (κ2) is 8.89. The summed E-state index contributed by atoms with van der Waals surface area (Å²) in [6.07, 6.45) is 1.18. The Hall–Kier alpha value is -2.50. The molecule has 1 spiro atoms. The van der Waals surface area contributed by atoms with Crippen molar-refractivity contribution in [1.29, 1.82) is 0 Å². The summed E-state index contributed by atoms with van der Waals surface area (Å²) in [7, 11) is 0. The molecule has 0 aromatic heterocycles. The maximum absolute atomic E-state index is 12.7. The van der Waals surface area contributed by atoms with Gasteiger partial charge in [0.1, 0.15) is 5.84 Å². The van der Waals surface area contributed by atoms with Gasteiger partial charge in [-0.15, -0.1) is 0 Å². The Balaban J connectivity index is 0.00000117. The summed E-state index contributed by atoms with van der Waals surface area (Å²) in [5.74, 6) is 0.890. The molecule has 2 aromatic rings. The topological polar surface area (TPSA) is 36.4 Å². The number of para-hydroxylation sites is 2. The van der Waals surface area contributed by atoms with Crippen molar-refractivity contribution in [1.82, 2.24) is 0 Å². The average molecular weight is 403 g/mol. The highest BCUT2D eigenvalue weighted by Gasteiger charge is 2.40. The van der Waals surface area contributed by atoms with Gasteiger partial charge in [-0.25, -0.2) is 0 Å². The maximum Gasteiger partial charge on any atom is 0.416 e. The Bertz CT molecular complexity index is 835. The number of amidine groups is 1. The minimum atomic E-state index is -4.31. The zero-order valence-electron chi connectivity index (χ0n) is 16.9. The standard InChI is InChI=1S/C21H22F3N3.C2H6/c22-21(23,24)16-10-8-15(9-11-16)14-25-19-20(12-4-1-5-13-20)27-18-7-3-2-6-17(18)26-19;1-2/h2-3,6-11,27H,1,4-5,12-14H2,(H,25,26);1-2H3. The highest BCUT2D eigenvalue weighted by Crippen LogP contribution is 2.39. The molecular formula is C23H28F3N3. The van der Waals surface area contributed by atoms with Crippen LogP contribution in [0.5, 0.6) is 0 Å². The molecule has 0 unspecified atom stereocenters. The first kappa shape index (κ1) is 21.2. The van der Waals surface area contributed by atoms with Crippen molar-refractivity contribution in [2.24, 2.45) is 4.99 Å². The molecule has 156 valence electrons. The molecule has 1 fully saturated rings. The zero-order valence-corrected chi connectivity index (χ0v) is 16.9. The number of hydrogen-bond acceptors (Lipinski definition) is 2. The van der Waals surface area contributed by atoms with E-state index in [-0.39, 0.29) is 5.54 Å². The third kappa shape index (κ3) is 4.74. The van der Waals surface area contributed by atoms with Crippen LogP contribution >= 0.6 is 0 Å². The summed E-state index contributed by atoms with van der Waals surface area (Å²) in [6.45, 7) is 4.35. The fourth-order valence-electron chi connectivity index (χ4n) is 3.94. The Morgan fingerprint density at radius 3 is 2.14 bits per heavy atom. The van der Waals surface area contributed by atoms with Gasteiger partial charge in [-0.3, -0.25) is 4.99 Å². The van der Waals surface area contributed by atoms with Crippen molar-refractivity contribution in [2.75, 3.05) is 10.6 Å². The molecule has 1 aliphatic carbocycles. The number of fused-ring (bicyclic) bond motifs is 1. The molecule has 1 saturated carbocycles. The van der Waals surface area contributed by atoms with Gasteiger partial charge in [-0.1, -0.05) is 57.4 Å². The number of hydrogen-bond donors (Lipinski definition) is 2. The summed E-state index contributed by atoms with van der Waals surface area (Å²) < 4.78 is 38.2. The van der Waals surface area contributed by atoms with Crippen LogP contribution in [-0.2, 0) is 12.7 Å². The minimum absolute atomic E-state index is 0.210. The lowest BCUT2D eigenvalue weighted by atomic mass is 9.79. The lowest BCUT2D eigenvalue weighted by Gasteiger charge is -2.44. The molecule has 6 heteroatoms. The van der Waals surface area contributed by atoms with Crippen molar-refractivity contribution < 1.29 is 13.2 Å². The van der Waals surface area contributed by atoms with E-state index < -0.39 is 11.7 Å². The predicted octanol–water partition coefficient (Wildman–Crippen LogP) is 6.87. The van der Waals surface area contributed by atoms with E-state index in [9.17, 15) is 13.2 Å². The fourth-order valence-corrected chi connectivity index (χ4v) is 3.94. The summed E-state index contributed by atoms with van der Waals surface area (Å²) >= 11 is 0. The SMILES string of the molecule is CC.FC(F)(F)c1ccc(CN=C2Nc3ccccc3NC23CCCCC3)cc1. The Kier molecular flexibility index (Phi) is 6.50. The summed E-state index contributed by atoms with van der Waals surface area (Å²) in [6, 6.07) is 13.3. The Morgan fingerprint density at radius 1 is 0.897 bits per heavy atom. The highest BCUT2D eigenvalue weighted by molar-refractivity contribution is 6.09. The van der Waals surface area contributed by atoms with Gasteiger partial charge in [0.15, 0.2) is 0 Å². The molecule has 0 radical (unpaired) electrons. The molecule has 0 saturated heterocycles. The molecular weight excluding hydrogens is 375 g/mol. The van der Waals surface area contributed by atoms with E-state index in [2.05, 4.69) is 16.7 Å². The molecule has 0 bridgehead atoms. The van der Waals surface area contributed by atoms with E-state index in [1.165, 1.54) is 18.6 Å². The zero-order chi connectivity index (χ0) is 20.9. The van der Waals surface area contributed by atoms with E-state index in [0.29, 0.717) is 6.54 Å². The Morgan fingerprint density at radius 2 is 1.52 bits per heavy atom. The van der Waals surface area contributed by atoms with Crippen LogP contribution in [0.3, 0.4) is 0 Å². The number of halogens is 3. The number of nitrogens with one attached hydrogen (secondary N) is 2. The van der Waals surface area contributed by atoms with Crippen LogP contribution in [0.1, 0.15) is 57.1 Å². The van der Waals surface area contributed by atoms with Crippen LogP contribution in [0.25, 0.3) is 0 Å². The number of aliphatic imine (C=N–C) groups is 1. The lowest BCUT2D eigenvalue weighted by Crippen LogP contribution is -2.53. The van der Waals surface area contributed by atoms with Gasteiger partial charge in [0.2, 0.25) is 0 Å². The average Bonchev–Trinajstić information content (AvgIpc) is 2.74. The van der Waals surface area contributed by atoms with Crippen LogP contribution in [0, 0.1) is 0 Å². The third-order valence-electron chi connectivity index (χ3n) is 5.42. The monoisotopic (exact) mass is 403 g/mol. The van der Waals surface area contributed by atoms with Crippen LogP contribution in [0.15, 0.2) is 53.5 Å². The second-order valence-corrected chi connectivity index (χ2v) is 7.30. The molecule has 29 heavy (non-hydrogen) atoms. The summed E-state index contributed by atoms with van der Waals surface area (Å²) in [4.78, 5) is 4.78. The van der Waals surface area contributed by atoms with E-state index in [1.54, 1.807) is 0 Å². The number of benzene rings is 2. The number of alkyl halides is 3. The summed E-state index contributed by atoms with van der Waals surface area (Å²) in [5.41, 5.74) is 1.99. The van der Waals surface area contributed by atoms with Crippen LogP contribution in [-0.4, -0.2) is 11.4 Å². The van der Waals surface area contributed by atoms with Gasteiger partial charge >= 0.3 is 6.18 Å². The van der Waals surface area contributed by atoms with Crippen molar-refractivity contribution in [3.8, 4) is 0 Å². The van der Waals surface area contributed by atoms with Gasteiger partial charge in [0.05, 0.1) is 29.0 Å². The van der Waals surface area contributed by atoms with Gasteiger partial charge in [-0.05, 0) is 42.7 Å². The molecule has 4 rings (SSSR count). The quantitative estimate of drug-likeness (QED) is 0.574. The largest absolute Gasteiger partial charge is 0.416 e. The molecule has 2 aliphatic rings. The summed E-state index contributed by atoms with van der Waals surface area (Å²) in [5, 5.41) is 7.16. The first-order valence-corrected chi connectivity index (χ1v) is 10.3. The van der Waals surface area contributed by atoms with Crippen molar-refractivity contribution in [3.63, 3.8) is 0 Å². The number of rotatable bonds is 2. The molecule has 1 aliphatic heterocycles. The number of nitrogens with zero attached hydrogens (tertiary/aromatic N) is 1. The third-order valence-corrected chi connectivity index (χ3v) is 5.42. The van der Waals surface area contributed by atoms with Crippen LogP contribution in [0.2, 0.25) is 0 Å². The van der Waals surface area contributed by atoms with Gasteiger partial charge in [0, 0.05) is 0 Å². The molecule has 2 aromatic carbocycles. The molecule has 2 N–H and O–H groups in total. The lowest BCUT2D eigenvalue weighted by molar-refractivity contribution is -0.137. The minimum Gasteiger partial charge on any atom is -0.371 e. The first-order chi connectivity index (χ1) is 14.0. The normalized spacial score (nSPS) is 18.9.